The highest BCUT2D eigenvalue weighted by molar-refractivity contribution is 7.66. The number of carbonyl (C=O) groups is 2. The number of nitrogens with one attached hydrogen (secondary N) is 1. The number of methoxy groups -OCH3 is 1. The highest BCUT2D eigenvalue weighted by atomic mass is 31.3. The first-order valence-electron chi connectivity index (χ1n) is 20.7. The van der Waals surface area contributed by atoms with Gasteiger partial charge in [0.2, 0.25) is 5.95 Å². The number of hydrogen-bond acceptors (Lipinski definition) is 15. The first-order valence-corrected chi connectivity index (χ1v) is 25.3. The molecule has 1 aromatic heterocycles. The molecular weight excluding hydrogens is 897 g/mol. The van der Waals surface area contributed by atoms with Crippen molar-refractivity contribution in [3.8, 4) is 17.2 Å². The third-order valence-corrected chi connectivity index (χ3v) is 16.9. The Kier molecular flexibility index (Phi) is 11.3. The molecule has 2 aromatic rings. The van der Waals surface area contributed by atoms with Gasteiger partial charge in [0.05, 0.1) is 41.8 Å². The van der Waals surface area contributed by atoms with Crippen molar-refractivity contribution in [3.05, 3.63) is 64.0 Å². The summed E-state index contributed by atoms with van der Waals surface area (Å²) in [5.74, 6) is -2.76. The van der Waals surface area contributed by atoms with Gasteiger partial charge in [0, 0.05) is 29.4 Å². The minimum absolute atomic E-state index is 0.0878. The normalized spacial score (nSPS) is 31.9. The summed E-state index contributed by atoms with van der Waals surface area (Å²) in [5.41, 5.74) is -2.28. The summed E-state index contributed by atoms with van der Waals surface area (Å²) in [6, 6.07) is -1.72. The van der Waals surface area contributed by atoms with Crippen molar-refractivity contribution in [1.29, 1.82) is 0 Å². The molecule has 1 spiro atoms. The van der Waals surface area contributed by atoms with Crippen molar-refractivity contribution in [1.82, 2.24) is 14.8 Å². The summed E-state index contributed by atoms with van der Waals surface area (Å²) >= 11 is 0. The van der Waals surface area contributed by atoms with Gasteiger partial charge in [-0.2, -0.15) is 18.7 Å². The Morgan fingerprint density at radius 2 is 1.69 bits per heavy atom. The SMILES string of the molecule is COC(=O)/C(C)=C\CC12OC(C)(C)C3CC(C1=O)C1C4C(Nc5ncnn51)c1c(OP(=O)(O)OP(=O)(O)OP(=O)(O)O)c5c(c(CC=C(C)C)c1OC432)OC(C)(CCC=C(C)C)C=C5. The maximum absolute atomic E-state index is 15.4. The lowest BCUT2D eigenvalue weighted by Gasteiger charge is -2.66. The van der Waals surface area contributed by atoms with Gasteiger partial charge in [-0.1, -0.05) is 29.4 Å². The van der Waals surface area contributed by atoms with Crippen LogP contribution in [-0.4, -0.2) is 75.6 Å². The number of phosphoric ester groups is 1. The number of nitrogens with zero attached hydrogens (tertiary/aromatic N) is 3. The zero-order valence-corrected chi connectivity index (χ0v) is 39.4. The number of carbonyl (C=O) groups excluding carboxylic acids is 2. The fourth-order valence-electron chi connectivity index (χ4n) is 10.9. The van der Waals surface area contributed by atoms with Crippen LogP contribution in [0.2, 0.25) is 0 Å². The van der Waals surface area contributed by atoms with E-state index in [-0.39, 0.29) is 52.8 Å². The van der Waals surface area contributed by atoms with Gasteiger partial charge in [0.25, 0.3) is 0 Å². The molecule has 3 aliphatic carbocycles. The largest absolute Gasteiger partial charge is 0.536 e. The number of phosphoric acid groups is 3. The van der Waals surface area contributed by atoms with Crippen molar-refractivity contribution >= 4 is 47.2 Å². The Morgan fingerprint density at radius 3 is 2.34 bits per heavy atom. The average molecular weight is 951 g/mol. The summed E-state index contributed by atoms with van der Waals surface area (Å²) in [6.45, 7) is 15.0. The van der Waals surface area contributed by atoms with Gasteiger partial charge in [-0.25, -0.2) is 23.2 Å². The third kappa shape index (κ3) is 7.57. The standard InChI is InChI=1S/C41H53N4O16P3/c1-21(2)11-10-16-39(8)17-15-25-32(56-39)24(13-12-22(3)4)33-28(34(25)58-63(51,52)61-64(53,54)60-62(48,49)50)30-29-31(45-37(44-30)42-20-43-45)26-19-27-38(6,7)59-40(35(26)46,41(27,29)57-33)18-14-23(5)36(47)55-9/h11-12,14-15,17,20,26-27,29-31H,10,13,16,18-19H2,1-9H3,(H,51,52)(H,53,54)(H,42,43,44)(H2,48,49,50)/b23-14-. The number of fused-ring (bicyclic) bond motifs is 4. The molecule has 20 nitrogen and oxygen atoms in total. The predicted molar refractivity (Wildman–Crippen MR) is 228 cm³/mol. The maximum atomic E-state index is 15.4. The highest BCUT2D eigenvalue weighted by Gasteiger charge is 2.86. The summed E-state index contributed by atoms with van der Waals surface area (Å²) < 4.78 is 80.9. The van der Waals surface area contributed by atoms with Crippen LogP contribution in [0.1, 0.15) is 110 Å². The van der Waals surface area contributed by atoms with Crippen molar-refractivity contribution < 1.29 is 75.0 Å². The number of benzene rings is 1. The van der Waals surface area contributed by atoms with Crippen LogP contribution in [0.25, 0.3) is 6.08 Å². The number of hydrogen-bond donors (Lipinski definition) is 5. The number of rotatable bonds is 14. The molecule has 1 saturated heterocycles. The maximum Gasteiger partial charge on any atom is 0.536 e. The molecule has 4 aliphatic heterocycles. The molecule has 23 heteroatoms. The summed E-state index contributed by atoms with van der Waals surface area (Å²) in [7, 11) is -16.4. The van der Waals surface area contributed by atoms with Crippen LogP contribution in [0.5, 0.6) is 17.2 Å². The van der Waals surface area contributed by atoms with E-state index in [1.54, 1.807) is 29.8 Å². The number of Topliss-reactive ketones (excluding diaryl/α,β-unsaturated/α-hetero) is 1. The molecule has 4 bridgehead atoms. The Labute approximate surface area is 369 Å². The van der Waals surface area contributed by atoms with Crippen LogP contribution in [0.15, 0.2) is 47.4 Å². The van der Waals surface area contributed by atoms with Crippen molar-refractivity contribution in [2.45, 2.75) is 122 Å². The Hall–Kier alpha value is -3.93. The molecule has 64 heavy (non-hydrogen) atoms. The quantitative estimate of drug-likeness (QED) is 0.0545. The Balaban J connectivity index is 1.44. The Morgan fingerprint density at radius 1 is 0.984 bits per heavy atom. The molecule has 5 heterocycles. The predicted octanol–water partition coefficient (Wildman–Crippen LogP) is 7.13. The molecule has 4 fully saturated rings. The number of allylic oxidation sites excluding steroid dienone is 4. The van der Waals surface area contributed by atoms with Gasteiger partial charge in [-0.3, -0.25) is 9.69 Å². The van der Waals surface area contributed by atoms with Crippen LogP contribution in [0.4, 0.5) is 5.95 Å². The molecular formula is C41H53N4O16P3. The highest BCUT2D eigenvalue weighted by Crippen LogP contribution is 2.76. The summed E-state index contributed by atoms with van der Waals surface area (Å²) in [4.78, 5) is 72.9. The average Bonchev–Trinajstić information content (AvgIpc) is 3.69. The van der Waals surface area contributed by atoms with Crippen molar-refractivity contribution in [2.24, 2.45) is 17.8 Å². The summed E-state index contributed by atoms with van der Waals surface area (Å²) in [5, 5.41) is 8.02. The fraction of sp³-hybridized carbons (Fsp3) is 0.561. The zero-order valence-electron chi connectivity index (χ0n) is 36.8. The number of ether oxygens (including phenoxy) is 4. The Bertz CT molecular complexity index is 2610. The van der Waals surface area contributed by atoms with E-state index < -0.39 is 87.4 Å². The molecule has 3 saturated carbocycles. The van der Waals surface area contributed by atoms with Gasteiger partial charge in [-0.05, 0) is 93.2 Å². The molecule has 5 N–H and O–H groups in total. The molecule has 1 aromatic carbocycles. The molecule has 0 radical (unpaired) electrons. The van der Waals surface area contributed by atoms with E-state index in [2.05, 4.69) is 30.1 Å². The minimum atomic E-state index is -5.98. The monoisotopic (exact) mass is 950 g/mol. The first kappa shape index (κ1) is 46.6. The van der Waals surface area contributed by atoms with Gasteiger partial charge in [0.15, 0.2) is 22.7 Å². The van der Waals surface area contributed by atoms with E-state index in [0.717, 1.165) is 11.1 Å². The number of ketones is 1. The zero-order chi connectivity index (χ0) is 46.7. The lowest BCUT2D eigenvalue weighted by molar-refractivity contribution is -0.224. The lowest BCUT2D eigenvalue weighted by atomic mass is 9.44. The topological polar surface area (TPSA) is 274 Å². The van der Waals surface area contributed by atoms with Crippen LogP contribution < -0.4 is 19.3 Å². The second kappa shape index (κ2) is 15.6. The third-order valence-electron chi connectivity index (χ3n) is 13.2. The number of esters is 1. The van der Waals surface area contributed by atoms with Crippen LogP contribution in [0, 0.1) is 17.8 Å². The molecule has 9 rings (SSSR count). The van der Waals surface area contributed by atoms with Crippen molar-refractivity contribution in [2.75, 3.05) is 12.4 Å². The van der Waals surface area contributed by atoms with Crippen LogP contribution in [-0.2, 0) is 47.8 Å². The van der Waals surface area contributed by atoms with Crippen LogP contribution in [0.3, 0.4) is 0 Å². The second-order valence-corrected chi connectivity index (χ2v) is 22.8. The minimum Gasteiger partial charge on any atom is -0.482 e. The van der Waals surface area contributed by atoms with Gasteiger partial charge in [0.1, 0.15) is 23.4 Å². The molecule has 10 atom stereocenters. The first-order chi connectivity index (χ1) is 29.7. The van der Waals surface area contributed by atoms with Gasteiger partial charge in [-0.15, -0.1) is 0 Å². The van der Waals surface area contributed by atoms with E-state index in [1.165, 1.54) is 13.4 Å². The molecule has 0 amide bonds. The smallest absolute Gasteiger partial charge is 0.482 e. The number of aromatic nitrogens is 3. The van der Waals surface area contributed by atoms with E-state index >= 15 is 4.79 Å². The van der Waals surface area contributed by atoms with Gasteiger partial charge >= 0.3 is 29.4 Å². The summed E-state index contributed by atoms with van der Waals surface area (Å²) in [6.07, 6.45) is 11.9. The lowest BCUT2D eigenvalue weighted by Crippen LogP contribution is -2.79. The molecule has 7 aliphatic rings. The fourth-order valence-corrected chi connectivity index (χ4v) is 13.9. The van der Waals surface area contributed by atoms with E-state index in [9.17, 15) is 38.1 Å². The van der Waals surface area contributed by atoms with Crippen molar-refractivity contribution in [3.63, 3.8) is 0 Å². The van der Waals surface area contributed by atoms with E-state index in [0.29, 0.717) is 24.8 Å². The number of anilines is 1. The molecule has 10 unspecified atom stereocenters. The van der Waals surface area contributed by atoms with Crippen LogP contribution >= 0.6 is 23.5 Å². The van der Waals surface area contributed by atoms with E-state index in [1.807, 2.05) is 54.5 Å². The molecule has 348 valence electrons. The second-order valence-electron chi connectivity index (χ2n) is 18.5. The van der Waals surface area contributed by atoms with E-state index in [4.69, 9.17) is 23.5 Å². The van der Waals surface area contributed by atoms with Gasteiger partial charge < -0.3 is 43.5 Å².